The van der Waals surface area contributed by atoms with E-state index >= 15 is 0 Å². The molecule has 1 amide bonds. The molecule has 3 nitrogen and oxygen atoms in total. The molecule has 0 bridgehead atoms. The van der Waals surface area contributed by atoms with Gasteiger partial charge >= 0.3 is 0 Å². The third kappa shape index (κ3) is 4.15. The Bertz CT molecular complexity index is 662. The highest BCUT2D eigenvalue weighted by Crippen LogP contribution is 2.25. The van der Waals surface area contributed by atoms with Crippen LogP contribution in [0.2, 0.25) is 5.02 Å². The molecule has 0 aliphatic rings. The molecule has 0 spiro atoms. The zero-order valence-corrected chi connectivity index (χ0v) is 12.9. The lowest BCUT2D eigenvalue weighted by molar-refractivity contribution is -0.114. The Morgan fingerprint density at radius 3 is 2.52 bits per heavy atom. The number of para-hydroxylation sites is 1. The van der Waals surface area contributed by atoms with Gasteiger partial charge in [0.25, 0.3) is 0 Å². The molecule has 0 heterocycles. The third-order valence-electron chi connectivity index (χ3n) is 2.59. The molecule has 2 N–H and O–H groups in total. The molecule has 7 heteroatoms. The minimum absolute atomic E-state index is 0.160. The van der Waals surface area contributed by atoms with E-state index in [4.69, 9.17) is 11.6 Å². The van der Waals surface area contributed by atoms with Crippen molar-refractivity contribution in [3.63, 3.8) is 0 Å². The number of anilines is 2. The first kappa shape index (κ1) is 15.7. The lowest BCUT2D eigenvalue weighted by Gasteiger charge is -2.10. The maximum atomic E-state index is 13.4. The van der Waals surface area contributed by atoms with E-state index in [1.54, 1.807) is 18.2 Å². The molecule has 0 atom stereocenters. The van der Waals surface area contributed by atoms with E-state index < -0.39 is 23.2 Å². The van der Waals surface area contributed by atoms with E-state index in [1.807, 2.05) is 0 Å². The fourth-order valence-corrected chi connectivity index (χ4v) is 2.17. The summed E-state index contributed by atoms with van der Waals surface area (Å²) >= 11 is 9.14. The molecular weight excluding hydrogens is 366 g/mol. The molecule has 21 heavy (non-hydrogen) atoms. The molecule has 2 aromatic carbocycles. The number of rotatable bonds is 4. The quantitative estimate of drug-likeness (QED) is 0.830. The minimum atomic E-state index is -0.827. The van der Waals surface area contributed by atoms with E-state index in [0.29, 0.717) is 10.7 Å². The summed E-state index contributed by atoms with van der Waals surface area (Å²) in [5, 5.41) is 5.51. The Morgan fingerprint density at radius 1 is 1.19 bits per heavy atom. The highest BCUT2D eigenvalue weighted by Gasteiger charge is 2.12. The Balaban J connectivity index is 2.01. The van der Waals surface area contributed by atoms with Crippen molar-refractivity contribution in [2.75, 3.05) is 17.2 Å². The predicted molar refractivity (Wildman–Crippen MR) is 82.6 cm³/mol. The number of hydrogen-bond donors (Lipinski definition) is 2. The molecule has 0 aliphatic heterocycles. The fraction of sp³-hybridized carbons (Fsp3) is 0.0714. The summed E-state index contributed by atoms with van der Waals surface area (Å²) in [6, 6.07) is 8.40. The van der Waals surface area contributed by atoms with Gasteiger partial charge in [-0.2, -0.15) is 0 Å². The standard InChI is InChI=1S/C14H10BrClF2N2O/c15-9-5-4-8(16)6-12(9)19-7-13(21)20-14-10(17)2-1-3-11(14)18/h1-6,19H,7H2,(H,20,21). The van der Waals surface area contributed by atoms with Gasteiger partial charge in [0.2, 0.25) is 5.91 Å². The van der Waals surface area contributed by atoms with Crippen molar-refractivity contribution in [3.8, 4) is 0 Å². The topological polar surface area (TPSA) is 41.1 Å². The lowest BCUT2D eigenvalue weighted by Crippen LogP contribution is -2.23. The predicted octanol–water partition coefficient (Wildman–Crippen LogP) is 4.43. The molecule has 110 valence electrons. The minimum Gasteiger partial charge on any atom is -0.375 e. The van der Waals surface area contributed by atoms with Gasteiger partial charge in [0, 0.05) is 9.50 Å². The lowest BCUT2D eigenvalue weighted by atomic mass is 10.3. The second-order valence-corrected chi connectivity index (χ2v) is 5.41. The zero-order valence-electron chi connectivity index (χ0n) is 10.6. The van der Waals surface area contributed by atoms with Crippen LogP contribution in [0.15, 0.2) is 40.9 Å². The normalized spacial score (nSPS) is 10.3. The average molecular weight is 376 g/mol. The highest BCUT2D eigenvalue weighted by atomic mass is 79.9. The molecule has 0 unspecified atom stereocenters. The highest BCUT2D eigenvalue weighted by molar-refractivity contribution is 9.10. The number of halogens is 4. The van der Waals surface area contributed by atoms with Crippen LogP contribution in [-0.2, 0) is 4.79 Å². The average Bonchev–Trinajstić information content (AvgIpc) is 2.44. The first-order valence-corrected chi connectivity index (χ1v) is 7.07. The van der Waals surface area contributed by atoms with Crippen LogP contribution < -0.4 is 10.6 Å². The van der Waals surface area contributed by atoms with Crippen molar-refractivity contribution in [3.05, 3.63) is 57.5 Å². The number of amides is 1. The maximum Gasteiger partial charge on any atom is 0.243 e. The van der Waals surface area contributed by atoms with E-state index in [2.05, 4.69) is 26.6 Å². The summed E-state index contributed by atoms with van der Waals surface area (Å²) < 4.78 is 27.5. The summed E-state index contributed by atoms with van der Waals surface area (Å²) in [6.45, 7) is -0.160. The second-order valence-electron chi connectivity index (χ2n) is 4.12. The van der Waals surface area contributed by atoms with Crippen LogP contribution in [0.1, 0.15) is 0 Å². The number of hydrogen-bond acceptors (Lipinski definition) is 2. The van der Waals surface area contributed by atoms with Crippen molar-refractivity contribution in [1.82, 2.24) is 0 Å². The number of carbonyl (C=O) groups is 1. The van der Waals surface area contributed by atoms with Crippen LogP contribution in [0, 0.1) is 11.6 Å². The molecule has 0 aliphatic carbocycles. The van der Waals surface area contributed by atoms with Crippen LogP contribution in [0.5, 0.6) is 0 Å². The van der Waals surface area contributed by atoms with E-state index in [0.717, 1.165) is 16.6 Å². The van der Waals surface area contributed by atoms with Gasteiger partial charge in [-0.15, -0.1) is 0 Å². The SMILES string of the molecule is O=C(CNc1cc(Cl)ccc1Br)Nc1c(F)cccc1F. The summed E-state index contributed by atoms with van der Waals surface area (Å²) in [4.78, 5) is 11.7. The number of nitrogens with one attached hydrogen (secondary N) is 2. The third-order valence-corrected chi connectivity index (χ3v) is 3.52. The van der Waals surface area contributed by atoms with Crippen molar-refractivity contribution in [1.29, 1.82) is 0 Å². The Hall–Kier alpha value is -1.66. The number of carbonyl (C=O) groups excluding carboxylic acids is 1. The Morgan fingerprint density at radius 2 is 1.86 bits per heavy atom. The molecule has 0 fully saturated rings. The van der Waals surface area contributed by atoms with Crippen LogP contribution >= 0.6 is 27.5 Å². The molecular formula is C14H10BrClF2N2O. The monoisotopic (exact) mass is 374 g/mol. The molecule has 2 aromatic rings. The first-order chi connectivity index (χ1) is 9.97. The van der Waals surface area contributed by atoms with Gasteiger partial charge in [0.05, 0.1) is 12.2 Å². The molecule has 0 saturated heterocycles. The molecule has 0 radical (unpaired) electrons. The molecule has 2 rings (SSSR count). The first-order valence-electron chi connectivity index (χ1n) is 5.90. The van der Waals surface area contributed by atoms with Gasteiger partial charge in [0.15, 0.2) is 0 Å². The summed E-state index contributed by atoms with van der Waals surface area (Å²) in [5.41, 5.74) is 0.140. The van der Waals surface area contributed by atoms with Gasteiger partial charge in [0.1, 0.15) is 17.3 Å². The van der Waals surface area contributed by atoms with Crippen LogP contribution in [0.25, 0.3) is 0 Å². The van der Waals surface area contributed by atoms with Gasteiger partial charge < -0.3 is 10.6 Å². The van der Waals surface area contributed by atoms with E-state index in [1.165, 1.54) is 6.07 Å². The second kappa shape index (κ2) is 6.87. The van der Waals surface area contributed by atoms with Crippen LogP contribution in [0.4, 0.5) is 20.2 Å². The van der Waals surface area contributed by atoms with Crippen LogP contribution in [0.3, 0.4) is 0 Å². The van der Waals surface area contributed by atoms with Gasteiger partial charge in [-0.1, -0.05) is 17.7 Å². The van der Waals surface area contributed by atoms with Gasteiger partial charge in [-0.3, -0.25) is 4.79 Å². The van der Waals surface area contributed by atoms with Crippen molar-refractivity contribution < 1.29 is 13.6 Å². The zero-order chi connectivity index (χ0) is 15.4. The fourth-order valence-electron chi connectivity index (χ4n) is 1.61. The Labute approximate surface area is 133 Å². The maximum absolute atomic E-state index is 13.4. The van der Waals surface area contributed by atoms with Crippen molar-refractivity contribution in [2.24, 2.45) is 0 Å². The summed E-state index contributed by atoms with van der Waals surface area (Å²) in [7, 11) is 0. The van der Waals surface area contributed by atoms with E-state index in [-0.39, 0.29) is 6.54 Å². The summed E-state index contributed by atoms with van der Waals surface area (Å²) in [5.74, 6) is -2.23. The van der Waals surface area contributed by atoms with Gasteiger partial charge in [-0.25, -0.2) is 8.78 Å². The Kier molecular flexibility index (Phi) is 5.14. The van der Waals surface area contributed by atoms with Crippen molar-refractivity contribution >= 4 is 44.8 Å². The van der Waals surface area contributed by atoms with E-state index in [9.17, 15) is 13.6 Å². The smallest absolute Gasteiger partial charge is 0.243 e. The largest absolute Gasteiger partial charge is 0.375 e. The molecule has 0 saturated carbocycles. The summed E-state index contributed by atoms with van der Waals surface area (Å²) in [6.07, 6.45) is 0. The van der Waals surface area contributed by atoms with Crippen molar-refractivity contribution in [2.45, 2.75) is 0 Å². The van der Waals surface area contributed by atoms with Gasteiger partial charge in [-0.05, 0) is 46.3 Å². The number of benzene rings is 2. The van der Waals surface area contributed by atoms with Crippen LogP contribution in [-0.4, -0.2) is 12.5 Å². The molecule has 0 aromatic heterocycles.